The lowest BCUT2D eigenvalue weighted by Crippen LogP contribution is -2.33. The fraction of sp³-hybridized carbons (Fsp3) is 0.286. The third-order valence-corrected chi connectivity index (χ3v) is 5.70. The molecule has 5 heteroatoms. The van der Waals surface area contributed by atoms with Gasteiger partial charge in [0.15, 0.2) is 0 Å². The van der Waals surface area contributed by atoms with Gasteiger partial charge in [-0.25, -0.2) is 0 Å². The lowest BCUT2D eigenvalue weighted by molar-refractivity contribution is -0.121. The lowest BCUT2D eigenvalue weighted by Gasteiger charge is -2.24. The molecule has 0 saturated carbocycles. The van der Waals surface area contributed by atoms with Crippen LogP contribution in [0, 0.1) is 6.92 Å². The SMILES string of the molecule is CC[C@H](C)NC(=O)Cc1ccc(N(Cc2ccccc2OC)C(=O)c2ccc(C)cc2)cc1. The van der Waals surface area contributed by atoms with Crippen molar-refractivity contribution in [1.82, 2.24) is 5.32 Å². The van der Waals surface area contributed by atoms with Crippen LogP contribution in [0.1, 0.15) is 47.3 Å². The van der Waals surface area contributed by atoms with Crippen molar-refractivity contribution in [2.75, 3.05) is 12.0 Å². The van der Waals surface area contributed by atoms with Crippen LogP contribution in [0.3, 0.4) is 0 Å². The summed E-state index contributed by atoms with van der Waals surface area (Å²) in [5.74, 6) is 0.638. The van der Waals surface area contributed by atoms with Crippen LogP contribution in [0.4, 0.5) is 5.69 Å². The molecule has 3 aromatic rings. The summed E-state index contributed by atoms with van der Waals surface area (Å²) in [5, 5.41) is 2.99. The topological polar surface area (TPSA) is 58.6 Å². The summed E-state index contributed by atoms with van der Waals surface area (Å²) in [7, 11) is 1.63. The van der Waals surface area contributed by atoms with Crippen LogP contribution in [0.5, 0.6) is 5.75 Å². The van der Waals surface area contributed by atoms with Crippen LogP contribution in [0.15, 0.2) is 72.8 Å². The first kappa shape index (κ1) is 24.1. The molecule has 0 fully saturated rings. The standard InChI is InChI=1S/C28H32N2O3/c1-5-21(3)29-27(31)18-22-12-16-25(17-13-22)30(19-24-8-6-7-9-26(24)33-4)28(32)23-14-10-20(2)11-15-23/h6-17,21H,5,18-19H2,1-4H3,(H,29,31)/t21-/m0/s1. The maximum Gasteiger partial charge on any atom is 0.258 e. The normalized spacial score (nSPS) is 11.5. The van der Waals surface area contributed by atoms with Crippen molar-refractivity contribution in [3.8, 4) is 5.75 Å². The van der Waals surface area contributed by atoms with Crippen LogP contribution in [-0.4, -0.2) is 25.0 Å². The van der Waals surface area contributed by atoms with Crippen LogP contribution in [0.25, 0.3) is 0 Å². The molecule has 3 rings (SSSR count). The third kappa shape index (κ3) is 6.45. The van der Waals surface area contributed by atoms with Gasteiger partial charge in [-0.1, -0.05) is 55.0 Å². The van der Waals surface area contributed by atoms with Crippen LogP contribution >= 0.6 is 0 Å². The van der Waals surface area contributed by atoms with E-state index in [0.717, 1.165) is 34.5 Å². The van der Waals surface area contributed by atoms with Crippen LogP contribution in [-0.2, 0) is 17.8 Å². The summed E-state index contributed by atoms with van der Waals surface area (Å²) in [6, 6.07) is 23.0. The van der Waals surface area contributed by atoms with E-state index < -0.39 is 0 Å². The molecule has 0 aliphatic carbocycles. The number of methoxy groups -OCH3 is 1. The van der Waals surface area contributed by atoms with Crippen molar-refractivity contribution in [3.05, 3.63) is 95.1 Å². The van der Waals surface area contributed by atoms with Crippen molar-refractivity contribution >= 4 is 17.5 Å². The number of carbonyl (C=O) groups is 2. The number of rotatable bonds is 9. The van der Waals surface area contributed by atoms with Gasteiger partial charge in [-0.15, -0.1) is 0 Å². The van der Waals surface area contributed by atoms with E-state index in [0.29, 0.717) is 18.5 Å². The molecule has 2 amide bonds. The largest absolute Gasteiger partial charge is 0.496 e. The van der Waals surface area contributed by atoms with Crippen molar-refractivity contribution < 1.29 is 14.3 Å². The monoisotopic (exact) mass is 444 g/mol. The highest BCUT2D eigenvalue weighted by molar-refractivity contribution is 6.06. The van der Waals surface area contributed by atoms with E-state index in [4.69, 9.17) is 4.74 Å². The smallest absolute Gasteiger partial charge is 0.258 e. The van der Waals surface area contributed by atoms with E-state index in [1.165, 1.54) is 0 Å². The van der Waals surface area contributed by atoms with E-state index in [2.05, 4.69) is 5.32 Å². The minimum atomic E-state index is -0.0943. The number of benzene rings is 3. The summed E-state index contributed by atoms with van der Waals surface area (Å²) in [4.78, 5) is 27.5. The zero-order valence-electron chi connectivity index (χ0n) is 19.8. The molecule has 0 spiro atoms. The van der Waals surface area contributed by atoms with Gasteiger partial charge in [-0.05, 0) is 56.2 Å². The molecule has 0 saturated heterocycles. The Bertz CT molecular complexity index is 1080. The van der Waals surface area contributed by atoms with E-state index in [9.17, 15) is 9.59 Å². The Morgan fingerprint density at radius 1 is 0.970 bits per heavy atom. The lowest BCUT2D eigenvalue weighted by atomic mass is 10.1. The molecule has 172 valence electrons. The van der Waals surface area contributed by atoms with Gasteiger partial charge < -0.3 is 15.0 Å². The highest BCUT2D eigenvalue weighted by Crippen LogP contribution is 2.25. The minimum Gasteiger partial charge on any atom is -0.496 e. The Balaban J connectivity index is 1.87. The molecule has 0 aromatic heterocycles. The highest BCUT2D eigenvalue weighted by atomic mass is 16.5. The molecule has 0 aliphatic heterocycles. The number of carbonyl (C=O) groups excluding carboxylic acids is 2. The summed E-state index contributed by atoms with van der Waals surface area (Å²) in [6.07, 6.45) is 1.20. The van der Waals surface area contributed by atoms with Gasteiger partial charge in [0.25, 0.3) is 5.91 Å². The number of amides is 2. The maximum atomic E-state index is 13.5. The predicted octanol–water partition coefficient (Wildman–Crippen LogP) is 5.31. The van der Waals surface area contributed by atoms with Gasteiger partial charge in [0.2, 0.25) is 5.91 Å². The Kier molecular flexibility index (Phi) is 8.25. The van der Waals surface area contributed by atoms with Gasteiger partial charge in [0, 0.05) is 22.9 Å². The van der Waals surface area contributed by atoms with Crippen molar-refractivity contribution in [3.63, 3.8) is 0 Å². The van der Waals surface area contributed by atoms with Crippen molar-refractivity contribution in [2.45, 2.75) is 46.2 Å². The average Bonchev–Trinajstić information content (AvgIpc) is 2.83. The summed E-state index contributed by atoms with van der Waals surface area (Å²) in [5.41, 5.74) is 4.30. The first-order valence-corrected chi connectivity index (χ1v) is 11.3. The number of para-hydroxylation sites is 1. The van der Waals surface area contributed by atoms with Crippen molar-refractivity contribution in [1.29, 1.82) is 0 Å². The fourth-order valence-electron chi connectivity index (χ4n) is 3.54. The van der Waals surface area contributed by atoms with Gasteiger partial charge in [0.05, 0.1) is 20.1 Å². The second kappa shape index (κ2) is 11.3. The number of hydrogen-bond donors (Lipinski definition) is 1. The van der Waals surface area contributed by atoms with E-state index >= 15 is 0 Å². The number of aryl methyl sites for hydroxylation is 1. The number of nitrogens with zero attached hydrogens (tertiary/aromatic N) is 1. The molecule has 5 nitrogen and oxygen atoms in total. The van der Waals surface area contributed by atoms with E-state index in [-0.39, 0.29) is 17.9 Å². The fourth-order valence-corrected chi connectivity index (χ4v) is 3.54. The molecule has 0 aliphatic rings. The second-order valence-corrected chi connectivity index (χ2v) is 8.29. The Hall–Kier alpha value is -3.60. The highest BCUT2D eigenvalue weighted by Gasteiger charge is 2.20. The van der Waals surface area contributed by atoms with Gasteiger partial charge in [-0.2, -0.15) is 0 Å². The number of hydrogen-bond acceptors (Lipinski definition) is 3. The number of nitrogens with one attached hydrogen (secondary N) is 1. The maximum absolute atomic E-state index is 13.5. The summed E-state index contributed by atoms with van der Waals surface area (Å²) in [6.45, 7) is 6.40. The van der Waals surface area contributed by atoms with E-state index in [1.807, 2.05) is 93.6 Å². The zero-order chi connectivity index (χ0) is 23.8. The molecule has 0 heterocycles. The average molecular weight is 445 g/mol. The molecule has 1 atom stereocenters. The first-order valence-electron chi connectivity index (χ1n) is 11.3. The third-order valence-electron chi connectivity index (χ3n) is 5.70. The quantitative estimate of drug-likeness (QED) is 0.487. The molecule has 33 heavy (non-hydrogen) atoms. The number of anilines is 1. The molecule has 0 unspecified atom stereocenters. The van der Waals surface area contributed by atoms with Gasteiger partial charge >= 0.3 is 0 Å². The molecule has 1 N–H and O–H groups in total. The Labute approximate surface area is 196 Å². The minimum absolute atomic E-state index is 0.00119. The predicted molar refractivity (Wildman–Crippen MR) is 133 cm³/mol. The van der Waals surface area contributed by atoms with Gasteiger partial charge in [-0.3, -0.25) is 9.59 Å². The molecule has 0 bridgehead atoms. The number of ether oxygens (including phenoxy) is 1. The molecular weight excluding hydrogens is 412 g/mol. The van der Waals surface area contributed by atoms with E-state index in [1.54, 1.807) is 12.0 Å². The van der Waals surface area contributed by atoms with Gasteiger partial charge in [0.1, 0.15) is 5.75 Å². The molecular formula is C28H32N2O3. The molecule has 3 aromatic carbocycles. The first-order chi connectivity index (χ1) is 15.9. The summed E-state index contributed by atoms with van der Waals surface area (Å²) >= 11 is 0. The van der Waals surface area contributed by atoms with Crippen LogP contribution in [0.2, 0.25) is 0 Å². The Morgan fingerprint density at radius 2 is 1.64 bits per heavy atom. The Morgan fingerprint density at radius 3 is 2.27 bits per heavy atom. The molecule has 0 radical (unpaired) electrons. The summed E-state index contributed by atoms with van der Waals surface area (Å²) < 4.78 is 5.50. The van der Waals surface area contributed by atoms with Crippen LogP contribution < -0.4 is 15.0 Å². The second-order valence-electron chi connectivity index (χ2n) is 8.29. The zero-order valence-corrected chi connectivity index (χ0v) is 19.8. The van der Waals surface area contributed by atoms with Crippen molar-refractivity contribution in [2.24, 2.45) is 0 Å².